The Morgan fingerprint density at radius 2 is 2.00 bits per heavy atom. The molecule has 14 heavy (non-hydrogen) atoms. The second-order valence-electron chi connectivity index (χ2n) is 4.00. The van der Waals surface area contributed by atoms with Crippen molar-refractivity contribution in [1.82, 2.24) is 4.90 Å². The summed E-state index contributed by atoms with van der Waals surface area (Å²) < 4.78 is 10.8. The average molecular weight is 201 g/mol. The minimum absolute atomic E-state index is 0.186. The molecular weight excluding hydrogens is 182 g/mol. The Morgan fingerprint density at radius 3 is 2.86 bits per heavy atom. The first-order valence-electron chi connectivity index (χ1n) is 5.45. The van der Waals surface area contributed by atoms with Gasteiger partial charge in [-0.25, -0.2) is 0 Å². The van der Waals surface area contributed by atoms with Gasteiger partial charge >= 0.3 is 0 Å². The van der Waals surface area contributed by atoms with Gasteiger partial charge in [-0.05, 0) is 12.8 Å². The monoisotopic (exact) mass is 201 g/mol. The molecule has 82 valence electrons. The molecule has 2 atom stereocenters. The molecule has 0 aromatic rings. The molecule has 0 aromatic heterocycles. The van der Waals surface area contributed by atoms with Crippen molar-refractivity contribution < 1.29 is 14.6 Å². The van der Waals surface area contributed by atoms with Gasteiger partial charge < -0.3 is 14.6 Å². The molecule has 2 fully saturated rings. The van der Waals surface area contributed by atoms with E-state index in [1.54, 1.807) is 0 Å². The summed E-state index contributed by atoms with van der Waals surface area (Å²) in [6.45, 7) is 4.93. The Bertz CT molecular complexity index is 169. The molecule has 2 saturated heterocycles. The predicted octanol–water partition coefficient (Wildman–Crippen LogP) is -0.141. The fourth-order valence-electron chi connectivity index (χ4n) is 2.16. The maximum Gasteiger partial charge on any atom is 0.0739 e. The van der Waals surface area contributed by atoms with Crippen LogP contribution in [0.15, 0.2) is 0 Å². The van der Waals surface area contributed by atoms with Gasteiger partial charge in [-0.1, -0.05) is 0 Å². The third kappa shape index (κ3) is 2.45. The van der Waals surface area contributed by atoms with E-state index in [0.29, 0.717) is 13.2 Å². The number of rotatable bonds is 1. The molecule has 2 unspecified atom stereocenters. The number of aliphatic hydroxyl groups is 1. The van der Waals surface area contributed by atoms with E-state index in [9.17, 15) is 5.11 Å². The number of aliphatic hydroxyl groups excluding tert-OH is 1. The number of ether oxygens (including phenoxy) is 2. The van der Waals surface area contributed by atoms with Gasteiger partial charge in [-0.2, -0.15) is 0 Å². The van der Waals surface area contributed by atoms with Crippen LogP contribution in [0.3, 0.4) is 0 Å². The van der Waals surface area contributed by atoms with Gasteiger partial charge in [0.15, 0.2) is 0 Å². The summed E-state index contributed by atoms with van der Waals surface area (Å²) in [6.07, 6.45) is 1.60. The topological polar surface area (TPSA) is 41.9 Å². The van der Waals surface area contributed by atoms with E-state index in [0.717, 1.165) is 39.1 Å². The van der Waals surface area contributed by atoms with Crippen LogP contribution in [0.2, 0.25) is 0 Å². The summed E-state index contributed by atoms with van der Waals surface area (Å²) >= 11 is 0. The van der Waals surface area contributed by atoms with Crippen molar-refractivity contribution >= 4 is 0 Å². The standard InChI is InChI=1S/C10H19NO3/c12-10-2-6-14-8-9(10)11-3-1-5-13-7-4-11/h9-10,12H,1-8H2. The minimum Gasteiger partial charge on any atom is -0.391 e. The summed E-state index contributed by atoms with van der Waals surface area (Å²) in [5.41, 5.74) is 0. The number of hydrogen-bond donors (Lipinski definition) is 1. The second-order valence-corrected chi connectivity index (χ2v) is 4.00. The summed E-state index contributed by atoms with van der Waals surface area (Å²) in [5.74, 6) is 0. The Kier molecular flexibility index (Phi) is 3.75. The molecular formula is C10H19NO3. The SMILES string of the molecule is OC1CCOCC1N1CCCOCC1. The normalized spacial score (nSPS) is 36.6. The molecule has 0 radical (unpaired) electrons. The smallest absolute Gasteiger partial charge is 0.0739 e. The molecule has 4 nitrogen and oxygen atoms in total. The molecule has 1 N–H and O–H groups in total. The van der Waals surface area contributed by atoms with Crippen LogP contribution in [0.4, 0.5) is 0 Å². The van der Waals surface area contributed by atoms with Crippen molar-refractivity contribution in [3.63, 3.8) is 0 Å². The number of hydrogen-bond acceptors (Lipinski definition) is 4. The quantitative estimate of drug-likeness (QED) is 0.641. The lowest BCUT2D eigenvalue weighted by Crippen LogP contribution is -2.50. The lowest BCUT2D eigenvalue weighted by atomic mass is 10.0. The molecule has 2 rings (SSSR count). The van der Waals surface area contributed by atoms with Crippen LogP contribution < -0.4 is 0 Å². The molecule has 4 heteroatoms. The maximum atomic E-state index is 9.85. The maximum absolute atomic E-state index is 9.85. The Labute approximate surface area is 84.8 Å². The van der Waals surface area contributed by atoms with E-state index < -0.39 is 0 Å². The van der Waals surface area contributed by atoms with E-state index in [1.165, 1.54) is 0 Å². The third-order valence-electron chi connectivity index (χ3n) is 3.02. The van der Waals surface area contributed by atoms with Gasteiger partial charge in [0.2, 0.25) is 0 Å². The zero-order chi connectivity index (χ0) is 9.80. The fourth-order valence-corrected chi connectivity index (χ4v) is 2.16. The lowest BCUT2D eigenvalue weighted by Gasteiger charge is -2.36. The molecule has 0 saturated carbocycles. The second kappa shape index (κ2) is 5.07. The Hall–Kier alpha value is -0.160. The van der Waals surface area contributed by atoms with Crippen LogP contribution in [0.5, 0.6) is 0 Å². The molecule has 0 aromatic carbocycles. The van der Waals surface area contributed by atoms with E-state index in [1.807, 2.05) is 0 Å². The van der Waals surface area contributed by atoms with Crippen molar-refractivity contribution in [2.45, 2.75) is 25.0 Å². The van der Waals surface area contributed by atoms with Crippen molar-refractivity contribution in [2.75, 3.05) is 39.5 Å². The average Bonchev–Trinajstić information content (AvgIpc) is 2.47. The van der Waals surface area contributed by atoms with Gasteiger partial charge in [0.25, 0.3) is 0 Å². The van der Waals surface area contributed by atoms with Crippen molar-refractivity contribution in [2.24, 2.45) is 0 Å². The van der Waals surface area contributed by atoms with E-state index in [4.69, 9.17) is 9.47 Å². The first-order valence-corrected chi connectivity index (χ1v) is 5.45. The van der Waals surface area contributed by atoms with Gasteiger partial charge in [0.1, 0.15) is 0 Å². The largest absolute Gasteiger partial charge is 0.391 e. The van der Waals surface area contributed by atoms with E-state index >= 15 is 0 Å². The van der Waals surface area contributed by atoms with Gasteiger partial charge in [-0.15, -0.1) is 0 Å². The van der Waals surface area contributed by atoms with Gasteiger partial charge in [0, 0.05) is 26.3 Å². The summed E-state index contributed by atoms with van der Waals surface area (Å²) in [6, 6.07) is 0.186. The van der Waals surface area contributed by atoms with Crippen LogP contribution in [-0.4, -0.2) is 61.7 Å². The van der Waals surface area contributed by atoms with Crippen molar-refractivity contribution in [3.8, 4) is 0 Å². The summed E-state index contributed by atoms with van der Waals surface area (Å²) in [4.78, 5) is 2.30. The molecule has 0 amide bonds. The van der Waals surface area contributed by atoms with Crippen molar-refractivity contribution in [1.29, 1.82) is 0 Å². The Balaban J connectivity index is 1.90. The van der Waals surface area contributed by atoms with Crippen LogP contribution in [0, 0.1) is 0 Å². The van der Waals surface area contributed by atoms with Crippen molar-refractivity contribution in [3.05, 3.63) is 0 Å². The highest BCUT2D eigenvalue weighted by atomic mass is 16.5. The first-order chi connectivity index (χ1) is 6.88. The molecule has 0 spiro atoms. The molecule has 2 aliphatic rings. The highest BCUT2D eigenvalue weighted by Gasteiger charge is 2.29. The lowest BCUT2D eigenvalue weighted by molar-refractivity contribution is -0.0611. The van der Waals surface area contributed by atoms with Gasteiger partial charge in [-0.3, -0.25) is 4.90 Å². The van der Waals surface area contributed by atoms with Crippen LogP contribution in [-0.2, 0) is 9.47 Å². The third-order valence-corrected chi connectivity index (χ3v) is 3.02. The summed E-state index contributed by atoms with van der Waals surface area (Å²) in [7, 11) is 0. The van der Waals surface area contributed by atoms with E-state index in [-0.39, 0.29) is 12.1 Å². The van der Waals surface area contributed by atoms with E-state index in [2.05, 4.69) is 4.90 Å². The Morgan fingerprint density at radius 1 is 1.07 bits per heavy atom. The van der Waals surface area contributed by atoms with Crippen LogP contribution >= 0.6 is 0 Å². The minimum atomic E-state index is -0.221. The first kappa shape index (κ1) is 10.4. The zero-order valence-corrected chi connectivity index (χ0v) is 8.52. The molecule has 2 aliphatic heterocycles. The molecule has 2 heterocycles. The fraction of sp³-hybridized carbons (Fsp3) is 1.00. The van der Waals surface area contributed by atoms with Crippen LogP contribution in [0.25, 0.3) is 0 Å². The zero-order valence-electron chi connectivity index (χ0n) is 8.52. The molecule has 0 bridgehead atoms. The van der Waals surface area contributed by atoms with Crippen LogP contribution in [0.1, 0.15) is 12.8 Å². The predicted molar refractivity (Wildman–Crippen MR) is 52.2 cm³/mol. The molecule has 0 aliphatic carbocycles. The summed E-state index contributed by atoms with van der Waals surface area (Å²) in [5, 5.41) is 9.85. The number of nitrogens with zero attached hydrogens (tertiary/aromatic N) is 1. The highest BCUT2D eigenvalue weighted by Crippen LogP contribution is 2.15. The van der Waals surface area contributed by atoms with Gasteiger partial charge in [0.05, 0.1) is 25.4 Å². The highest BCUT2D eigenvalue weighted by molar-refractivity contribution is 4.82.